The van der Waals surface area contributed by atoms with Crippen LogP contribution in [0.1, 0.15) is 6.42 Å². The fraction of sp³-hybridized carbons (Fsp3) is 0.786. The number of rotatable bonds is 5. The smallest absolute Gasteiger partial charge is 0.384 e. The number of Topliss-reactive ketones (excluding diaryl/α,β-unsaturated/α-hetero) is 1. The van der Waals surface area contributed by atoms with Crippen molar-refractivity contribution in [1.82, 2.24) is 0 Å². The number of carbonyl (C=O) groups excluding carboxylic acids is 1. The molecule has 37 heavy (non-hydrogen) atoms. The van der Waals surface area contributed by atoms with Gasteiger partial charge in [0.05, 0.1) is 7.82 Å². The van der Waals surface area contributed by atoms with Crippen molar-refractivity contribution in [3.8, 4) is 0 Å². The van der Waals surface area contributed by atoms with Crippen LogP contribution in [0.15, 0.2) is 12.2 Å². The predicted molar refractivity (Wildman–Crippen MR) is 73.6 cm³/mol. The van der Waals surface area contributed by atoms with Crippen LogP contribution in [0, 0.1) is 0 Å². The van der Waals surface area contributed by atoms with E-state index in [1.54, 1.807) is 0 Å². The zero-order valence-corrected chi connectivity index (χ0v) is 17.2. The summed E-state index contributed by atoms with van der Waals surface area (Å²) in [5.74, 6) is -67.9. The highest BCUT2D eigenvalue weighted by Crippen LogP contribution is 2.71. The molecular formula is C14H4F17O5P-2. The number of allylic oxidation sites excluding steroid dienone is 1. The van der Waals surface area contributed by atoms with Gasteiger partial charge in [-0.25, -0.2) is 8.78 Å². The van der Waals surface area contributed by atoms with Crippen LogP contribution in [0.2, 0.25) is 0 Å². The van der Waals surface area contributed by atoms with Gasteiger partial charge in [-0.15, -0.1) is 0 Å². The number of phosphoric acid groups is 1. The number of alkyl halides is 17. The zero-order valence-electron chi connectivity index (χ0n) is 16.3. The molecule has 1 saturated carbocycles. The maximum absolute atomic E-state index is 15.2. The van der Waals surface area contributed by atoms with Gasteiger partial charge in [-0.05, 0) is 6.08 Å². The van der Waals surface area contributed by atoms with E-state index < -0.39 is 90.8 Å². The van der Waals surface area contributed by atoms with Crippen molar-refractivity contribution < 1.29 is 98.3 Å². The van der Waals surface area contributed by atoms with E-state index in [-0.39, 0.29) is 0 Å². The van der Waals surface area contributed by atoms with Crippen LogP contribution in [-0.4, -0.2) is 64.4 Å². The number of hydrogen-bond donors (Lipinski definition) is 0. The van der Waals surface area contributed by atoms with E-state index in [1.165, 1.54) is 0 Å². The molecule has 2 unspecified atom stereocenters. The summed E-state index contributed by atoms with van der Waals surface area (Å²) in [5.41, 5.74) is -15.3. The highest BCUT2D eigenvalue weighted by atomic mass is 31.2. The fourth-order valence-corrected chi connectivity index (χ4v) is 3.86. The Hall–Kier alpha value is -1.67. The molecule has 2 rings (SSSR count). The largest absolute Gasteiger partial charge is 0.790 e. The van der Waals surface area contributed by atoms with Crippen molar-refractivity contribution in [2.75, 3.05) is 0 Å². The quantitative estimate of drug-likeness (QED) is 0.269. The Morgan fingerprint density at radius 1 is 0.703 bits per heavy atom. The molecule has 23 heteroatoms. The first-order valence-corrected chi connectivity index (χ1v) is 9.95. The standard InChI is InChI=1S/C14H6F17O5P/c15-5(2-1-3-6(16,17)9(5,20)21)8(19,36-37(33,34)35)4(32)7(18)10(22,23)12(26,27)14(30,31)13(28,29)11(7,24)25/h1-2H,3H2,(H2,33,34,35)/p-2. The van der Waals surface area contributed by atoms with Crippen LogP contribution in [0.25, 0.3) is 0 Å². The minimum atomic E-state index is -8.42. The Morgan fingerprint density at radius 3 is 1.41 bits per heavy atom. The Bertz CT molecular complexity index is 1040. The van der Waals surface area contributed by atoms with Crippen LogP contribution in [0.3, 0.4) is 0 Å². The Morgan fingerprint density at radius 2 is 1.05 bits per heavy atom. The van der Waals surface area contributed by atoms with E-state index in [0.717, 1.165) is 0 Å². The Kier molecular flexibility index (Phi) is 6.39. The van der Waals surface area contributed by atoms with E-state index in [1.807, 2.05) is 0 Å². The molecule has 0 aromatic heterocycles. The average Bonchev–Trinajstić information content (AvgIpc) is 2.67. The third kappa shape index (κ3) is 3.23. The van der Waals surface area contributed by atoms with Gasteiger partial charge in [0.25, 0.3) is 11.5 Å². The molecule has 0 heterocycles. The molecule has 0 N–H and O–H groups in total. The van der Waals surface area contributed by atoms with E-state index in [4.69, 9.17) is 0 Å². The lowest BCUT2D eigenvalue weighted by Crippen LogP contribution is -2.88. The second kappa shape index (κ2) is 7.50. The summed E-state index contributed by atoms with van der Waals surface area (Å²) in [5, 5.41) is 0. The molecule has 0 aliphatic heterocycles. The Balaban J connectivity index is 3.08. The molecule has 2 aliphatic carbocycles. The third-order valence-corrected chi connectivity index (χ3v) is 5.87. The molecule has 2 atom stereocenters. The number of halogens is 17. The van der Waals surface area contributed by atoms with Gasteiger partial charge >= 0.3 is 53.0 Å². The van der Waals surface area contributed by atoms with Gasteiger partial charge in [-0.3, -0.25) is 4.79 Å². The normalized spacial score (nSPS) is 33.8. The van der Waals surface area contributed by atoms with E-state index in [9.17, 15) is 85.0 Å². The van der Waals surface area contributed by atoms with Gasteiger partial charge < -0.3 is 18.9 Å². The summed E-state index contributed by atoms with van der Waals surface area (Å²) in [6, 6.07) is 0. The first kappa shape index (κ1) is 31.5. The molecule has 5 nitrogen and oxygen atoms in total. The number of phosphoric ester groups is 1. The van der Waals surface area contributed by atoms with Gasteiger partial charge in [0.1, 0.15) is 0 Å². The summed E-state index contributed by atoms with van der Waals surface area (Å²) in [7, 11) is -7.93. The Labute approximate surface area is 190 Å². The molecule has 1 fully saturated rings. The van der Waals surface area contributed by atoms with Crippen molar-refractivity contribution in [2.24, 2.45) is 0 Å². The molecule has 0 amide bonds. The van der Waals surface area contributed by atoms with Crippen molar-refractivity contribution in [3.05, 3.63) is 12.2 Å². The predicted octanol–water partition coefficient (Wildman–Crippen LogP) is 3.90. The van der Waals surface area contributed by atoms with Crippen LogP contribution in [-0.2, 0) is 13.9 Å². The first-order chi connectivity index (χ1) is 15.8. The van der Waals surface area contributed by atoms with Gasteiger partial charge in [-0.1, -0.05) is 6.08 Å². The fourth-order valence-electron chi connectivity index (χ4n) is 3.33. The summed E-state index contributed by atoms with van der Waals surface area (Å²) < 4.78 is 250. The minimum absolute atomic E-state index is 0.748. The second-order valence-electron chi connectivity index (χ2n) is 7.59. The zero-order chi connectivity index (χ0) is 29.9. The van der Waals surface area contributed by atoms with Crippen molar-refractivity contribution in [3.63, 3.8) is 0 Å². The van der Waals surface area contributed by atoms with Gasteiger partial charge in [0.2, 0.25) is 0 Å². The summed E-state index contributed by atoms with van der Waals surface area (Å²) in [6.45, 7) is 0. The van der Waals surface area contributed by atoms with E-state index in [0.29, 0.717) is 0 Å². The maximum atomic E-state index is 15.2. The lowest BCUT2D eigenvalue weighted by molar-refractivity contribution is -0.478. The summed E-state index contributed by atoms with van der Waals surface area (Å²) in [4.78, 5) is 33.4. The molecule has 216 valence electrons. The highest BCUT2D eigenvalue weighted by Gasteiger charge is 3.04. The summed E-state index contributed by atoms with van der Waals surface area (Å²) >= 11 is 0. The van der Waals surface area contributed by atoms with E-state index >= 15 is 8.78 Å². The lowest BCUT2D eigenvalue weighted by Gasteiger charge is -2.54. The number of hydrogen-bond acceptors (Lipinski definition) is 5. The highest BCUT2D eigenvalue weighted by molar-refractivity contribution is 7.43. The molecule has 0 aromatic rings. The van der Waals surface area contributed by atoms with E-state index in [2.05, 4.69) is 4.52 Å². The van der Waals surface area contributed by atoms with Crippen LogP contribution >= 0.6 is 7.82 Å². The van der Waals surface area contributed by atoms with Gasteiger partial charge in [-0.2, -0.15) is 65.9 Å². The monoisotopic (exact) mass is 606 g/mol. The molecule has 0 spiro atoms. The lowest BCUT2D eigenvalue weighted by atomic mass is 9.66. The van der Waals surface area contributed by atoms with Crippen molar-refractivity contribution in [1.29, 1.82) is 0 Å². The SMILES string of the molecule is O=C(C(F)(OP(=O)([O-])[O-])C1(F)C=CCC(F)(F)C1(F)F)C1(F)C(F)(F)C(F)(F)C(F)(F)C(F)(F)C1(F)F. The third-order valence-electron chi connectivity index (χ3n) is 5.39. The summed E-state index contributed by atoms with van der Waals surface area (Å²) in [6.07, 6.45) is -4.72. The average molecular weight is 606 g/mol. The molecular weight excluding hydrogens is 602 g/mol. The minimum Gasteiger partial charge on any atom is -0.790 e. The maximum Gasteiger partial charge on any atom is 0.384 e. The topological polar surface area (TPSA) is 89.5 Å². The van der Waals surface area contributed by atoms with Gasteiger partial charge in [0, 0.05) is 6.42 Å². The van der Waals surface area contributed by atoms with Crippen LogP contribution in [0.4, 0.5) is 74.6 Å². The van der Waals surface area contributed by atoms with Crippen LogP contribution < -0.4 is 9.79 Å². The first-order valence-electron chi connectivity index (χ1n) is 8.49. The molecule has 0 bridgehead atoms. The molecule has 0 saturated heterocycles. The second-order valence-corrected chi connectivity index (χ2v) is 8.67. The molecule has 0 aromatic carbocycles. The van der Waals surface area contributed by atoms with Crippen molar-refractivity contribution >= 4 is 13.6 Å². The number of ketones is 1. The molecule has 0 radical (unpaired) electrons. The van der Waals surface area contributed by atoms with Crippen LogP contribution in [0.5, 0.6) is 0 Å². The molecule has 2 aliphatic rings. The number of carbonyl (C=O) groups is 1. The van der Waals surface area contributed by atoms with Gasteiger partial charge in [0.15, 0.2) is 0 Å². The van der Waals surface area contributed by atoms with Crippen molar-refractivity contribution in [2.45, 2.75) is 65.1 Å².